The highest BCUT2D eigenvalue weighted by molar-refractivity contribution is 7.71. The Balaban J connectivity index is 2.09. The maximum atomic E-state index is 6.08. The molecule has 0 radical (unpaired) electrons. The summed E-state index contributed by atoms with van der Waals surface area (Å²) in [5, 5.41) is 8.59. The van der Waals surface area contributed by atoms with Crippen LogP contribution in [-0.4, -0.2) is 14.8 Å². The Bertz CT molecular complexity index is 852. The van der Waals surface area contributed by atoms with Crippen LogP contribution in [0.15, 0.2) is 48.5 Å². The highest BCUT2D eigenvalue weighted by Crippen LogP contribution is 2.27. The molecule has 3 rings (SSSR count). The van der Waals surface area contributed by atoms with Gasteiger partial charge in [0.25, 0.3) is 0 Å². The van der Waals surface area contributed by atoms with Gasteiger partial charge in [-0.2, -0.15) is 5.10 Å². The molecular weight excluding hydrogens is 337 g/mol. The first-order chi connectivity index (χ1) is 10.6. The summed E-state index contributed by atoms with van der Waals surface area (Å²) in [6.07, 6.45) is 0. The molecule has 112 valence electrons. The second-order valence-electron chi connectivity index (χ2n) is 4.96. The number of nitrogens with one attached hydrogen (secondary N) is 1. The van der Waals surface area contributed by atoms with E-state index in [0.717, 1.165) is 17.0 Å². The number of H-pyrrole nitrogens is 1. The van der Waals surface area contributed by atoms with Crippen molar-refractivity contribution in [1.29, 1.82) is 0 Å². The Morgan fingerprint density at radius 3 is 2.50 bits per heavy atom. The van der Waals surface area contributed by atoms with Gasteiger partial charge < -0.3 is 0 Å². The van der Waals surface area contributed by atoms with Gasteiger partial charge in [0.05, 0.1) is 6.04 Å². The third-order valence-corrected chi connectivity index (χ3v) is 4.30. The molecule has 0 saturated carbocycles. The van der Waals surface area contributed by atoms with Gasteiger partial charge in [0.2, 0.25) is 0 Å². The van der Waals surface area contributed by atoms with Crippen LogP contribution in [0.2, 0.25) is 10.0 Å². The highest BCUT2D eigenvalue weighted by Gasteiger charge is 2.16. The van der Waals surface area contributed by atoms with Crippen molar-refractivity contribution in [2.45, 2.75) is 13.0 Å². The van der Waals surface area contributed by atoms with Crippen molar-refractivity contribution in [3.8, 4) is 11.4 Å². The number of benzene rings is 2. The number of aromatic nitrogens is 3. The number of hydrogen-bond donors (Lipinski definition) is 1. The smallest absolute Gasteiger partial charge is 0.196 e. The molecule has 1 heterocycles. The topological polar surface area (TPSA) is 33.6 Å². The molecule has 0 bridgehead atoms. The van der Waals surface area contributed by atoms with Gasteiger partial charge in [-0.25, -0.2) is 0 Å². The fraction of sp³-hybridized carbons (Fsp3) is 0.125. The average Bonchev–Trinajstić information content (AvgIpc) is 2.89. The van der Waals surface area contributed by atoms with E-state index >= 15 is 0 Å². The van der Waals surface area contributed by atoms with E-state index in [-0.39, 0.29) is 6.04 Å². The predicted octanol–water partition coefficient (Wildman–Crippen LogP) is 5.52. The van der Waals surface area contributed by atoms with Crippen molar-refractivity contribution in [3.63, 3.8) is 0 Å². The molecule has 2 aromatic carbocycles. The van der Waals surface area contributed by atoms with E-state index in [4.69, 9.17) is 35.4 Å². The van der Waals surface area contributed by atoms with Crippen LogP contribution in [0.25, 0.3) is 11.4 Å². The zero-order valence-electron chi connectivity index (χ0n) is 11.8. The van der Waals surface area contributed by atoms with Gasteiger partial charge in [-0.05, 0) is 49.0 Å². The normalized spacial score (nSPS) is 12.3. The molecule has 1 aromatic heterocycles. The van der Waals surface area contributed by atoms with Crippen LogP contribution in [0.3, 0.4) is 0 Å². The lowest BCUT2D eigenvalue weighted by Gasteiger charge is -2.16. The van der Waals surface area contributed by atoms with Gasteiger partial charge in [0.1, 0.15) is 0 Å². The van der Waals surface area contributed by atoms with Gasteiger partial charge in [-0.15, -0.1) is 0 Å². The van der Waals surface area contributed by atoms with Gasteiger partial charge in [-0.3, -0.25) is 9.67 Å². The van der Waals surface area contributed by atoms with Crippen LogP contribution < -0.4 is 0 Å². The molecule has 0 aliphatic rings. The quantitative estimate of drug-likeness (QED) is 0.631. The molecule has 0 unspecified atom stereocenters. The first kappa shape index (κ1) is 15.3. The first-order valence-electron chi connectivity index (χ1n) is 6.74. The lowest BCUT2D eigenvalue weighted by atomic mass is 10.1. The van der Waals surface area contributed by atoms with E-state index in [1.807, 2.05) is 53.1 Å². The van der Waals surface area contributed by atoms with Crippen LogP contribution >= 0.6 is 35.4 Å². The Kier molecular flexibility index (Phi) is 4.34. The van der Waals surface area contributed by atoms with Crippen molar-refractivity contribution in [2.24, 2.45) is 0 Å². The van der Waals surface area contributed by atoms with Gasteiger partial charge in [0.15, 0.2) is 10.6 Å². The molecule has 0 aliphatic heterocycles. The maximum Gasteiger partial charge on any atom is 0.196 e. The van der Waals surface area contributed by atoms with E-state index in [1.165, 1.54) is 0 Å². The first-order valence-corrected chi connectivity index (χ1v) is 7.91. The van der Waals surface area contributed by atoms with Crippen LogP contribution in [0.1, 0.15) is 18.5 Å². The summed E-state index contributed by atoms with van der Waals surface area (Å²) in [4.78, 5) is 0. The van der Waals surface area contributed by atoms with Crippen LogP contribution in [0.4, 0.5) is 0 Å². The molecule has 1 N–H and O–H groups in total. The van der Waals surface area contributed by atoms with Crippen molar-refractivity contribution in [3.05, 3.63) is 68.9 Å². The van der Waals surface area contributed by atoms with Crippen molar-refractivity contribution in [2.75, 3.05) is 0 Å². The van der Waals surface area contributed by atoms with Gasteiger partial charge >= 0.3 is 0 Å². The molecule has 6 heteroatoms. The second kappa shape index (κ2) is 6.24. The Labute approximate surface area is 143 Å². The monoisotopic (exact) mass is 349 g/mol. The van der Waals surface area contributed by atoms with Gasteiger partial charge in [-0.1, -0.05) is 47.5 Å². The summed E-state index contributed by atoms with van der Waals surface area (Å²) >= 11 is 17.4. The molecule has 1 atom stereocenters. The standard InChI is InChI=1S/C16H13Cl2N3S/c1-10(11-5-7-13(17)8-6-11)21-15(19-20-16(21)22)12-3-2-4-14(18)9-12/h2-10H,1H3,(H,20,22)/t10-/m0/s1. The maximum absolute atomic E-state index is 6.08. The molecular formula is C16H13Cl2N3S. The Morgan fingerprint density at radius 2 is 1.82 bits per heavy atom. The molecule has 22 heavy (non-hydrogen) atoms. The zero-order valence-corrected chi connectivity index (χ0v) is 14.1. The summed E-state index contributed by atoms with van der Waals surface area (Å²) < 4.78 is 2.54. The Hall–Kier alpha value is -1.62. The summed E-state index contributed by atoms with van der Waals surface area (Å²) in [7, 11) is 0. The fourth-order valence-electron chi connectivity index (χ4n) is 2.39. The fourth-order valence-corrected chi connectivity index (χ4v) is 2.99. The van der Waals surface area contributed by atoms with Crippen molar-refractivity contribution >= 4 is 35.4 Å². The van der Waals surface area contributed by atoms with Crippen LogP contribution in [-0.2, 0) is 0 Å². The van der Waals surface area contributed by atoms with Gasteiger partial charge in [0, 0.05) is 15.6 Å². The van der Waals surface area contributed by atoms with E-state index in [1.54, 1.807) is 0 Å². The minimum Gasteiger partial charge on any atom is -0.293 e. The second-order valence-corrected chi connectivity index (χ2v) is 6.22. The summed E-state index contributed by atoms with van der Waals surface area (Å²) in [5.74, 6) is 0.759. The molecule has 3 nitrogen and oxygen atoms in total. The minimum absolute atomic E-state index is 0.0255. The number of halogens is 2. The SMILES string of the molecule is C[C@@H](c1ccc(Cl)cc1)n1c(-c2cccc(Cl)c2)n[nH]c1=S. The number of hydrogen-bond acceptors (Lipinski definition) is 2. The third kappa shape index (κ3) is 2.95. The largest absolute Gasteiger partial charge is 0.293 e. The lowest BCUT2D eigenvalue weighted by molar-refractivity contribution is 0.635. The molecule has 3 aromatic rings. The molecule has 0 saturated heterocycles. The zero-order chi connectivity index (χ0) is 15.7. The van der Waals surface area contributed by atoms with Crippen LogP contribution in [0.5, 0.6) is 0 Å². The highest BCUT2D eigenvalue weighted by atomic mass is 35.5. The molecule has 0 fully saturated rings. The van der Waals surface area contributed by atoms with E-state index in [9.17, 15) is 0 Å². The predicted molar refractivity (Wildman–Crippen MR) is 93.1 cm³/mol. The number of aromatic amines is 1. The summed E-state index contributed by atoms with van der Waals surface area (Å²) in [5.41, 5.74) is 2.02. The average molecular weight is 350 g/mol. The molecule has 0 spiro atoms. The summed E-state index contributed by atoms with van der Waals surface area (Å²) in [6, 6.07) is 15.3. The Morgan fingerprint density at radius 1 is 1.09 bits per heavy atom. The third-order valence-electron chi connectivity index (χ3n) is 3.53. The molecule has 0 aliphatic carbocycles. The van der Waals surface area contributed by atoms with E-state index in [2.05, 4.69) is 17.1 Å². The number of rotatable bonds is 3. The lowest BCUT2D eigenvalue weighted by Crippen LogP contribution is -2.08. The van der Waals surface area contributed by atoms with Crippen molar-refractivity contribution < 1.29 is 0 Å². The van der Waals surface area contributed by atoms with E-state index in [0.29, 0.717) is 14.8 Å². The summed E-state index contributed by atoms with van der Waals surface area (Å²) in [6.45, 7) is 2.07. The molecule has 0 amide bonds. The minimum atomic E-state index is 0.0255. The number of nitrogens with zero attached hydrogens (tertiary/aromatic N) is 2. The van der Waals surface area contributed by atoms with Crippen molar-refractivity contribution in [1.82, 2.24) is 14.8 Å². The van der Waals surface area contributed by atoms with E-state index < -0.39 is 0 Å². The van der Waals surface area contributed by atoms with Crippen LogP contribution in [0, 0.1) is 4.77 Å².